The second-order valence-electron chi connectivity index (χ2n) is 3.05. The summed E-state index contributed by atoms with van der Waals surface area (Å²) in [6.07, 6.45) is 0.949. The number of carbonyl (C=O) groups is 1. The van der Waals surface area contributed by atoms with Gasteiger partial charge in [0, 0.05) is 10.9 Å². The number of carbonyl (C=O) groups excluding carboxylic acids is 1. The van der Waals surface area contributed by atoms with Crippen LogP contribution in [-0.2, 0) is 0 Å². The van der Waals surface area contributed by atoms with E-state index in [0.717, 1.165) is 22.8 Å². The molecule has 3 rings (SSSR count). The lowest BCUT2D eigenvalue weighted by Gasteiger charge is -2.20. The largest absolute Gasteiger partial charge is 0.298 e. The minimum atomic E-state index is 0.878. The third-order valence-electron chi connectivity index (χ3n) is 2.49. The summed E-state index contributed by atoms with van der Waals surface area (Å²) in [5.41, 5.74) is 3.22. The molecular weight excluding hydrogens is 148 g/mol. The van der Waals surface area contributed by atoms with Gasteiger partial charge in [-0.2, -0.15) is 0 Å². The van der Waals surface area contributed by atoms with Gasteiger partial charge in [0.25, 0.3) is 0 Å². The van der Waals surface area contributed by atoms with Gasteiger partial charge in [-0.15, -0.1) is 0 Å². The van der Waals surface area contributed by atoms with Crippen molar-refractivity contribution in [1.29, 1.82) is 0 Å². The molecule has 0 aliphatic heterocycles. The molecule has 1 aliphatic rings. The third-order valence-corrected chi connectivity index (χ3v) is 2.49. The van der Waals surface area contributed by atoms with Gasteiger partial charge >= 0.3 is 0 Å². The summed E-state index contributed by atoms with van der Waals surface area (Å²) < 4.78 is 0. The van der Waals surface area contributed by atoms with Crippen LogP contribution in [0.5, 0.6) is 0 Å². The van der Waals surface area contributed by atoms with Gasteiger partial charge in [0.1, 0.15) is 0 Å². The summed E-state index contributed by atoms with van der Waals surface area (Å²) in [4.78, 5) is 10.7. The summed E-state index contributed by atoms with van der Waals surface area (Å²) in [5, 5.41) is 2.31. The molecule has 12 heavy (non-hydrogen) atoms. The predicted molar refractivity (Wildman–Crippen MR) is 48.3 cm³/mol. The highest BCUT2D eigenvalue weighted by Crippen LogP contribution is 2.43. The molecule has 0 spiro atoms. The molecule has 0 amide bonds. The monoisotopic (exact) mass is 154 g/mol. The quantitative estimate of drug-likeness (QED) is 0.492. The fourth-order valence-electron chi connectivity index (χ4n) is 1.93. The SMILES string of the molecule is O=CC1=c2ccc3cccc2c31. The van der Waals surface area contributed by atoms with E-state index in [1.165, 1.54) is 10.9 Å². The lowest BCUT2D eigenvalue weighted by Crippen LogP contribution is -2.00. The first-order chi connectivity index (χ1) is 5.92. The minimum absolute atomic E-state index is 0.878. The van der Waals surface area contributed by atoms with Crippen molar-refractivity contribution >= 4 is 17.1 Å². The number of hydrogen-bond acceptors (Lipinski definition) is 1. The van der Waals surface area contributed by atoms with Crippen molar-refractivity contribution in [1.82, 2.24) is 0 Å². The van der Waals surface area contributed by atoms with Crippen LogP contribution in [0.2, 0.25) is 0 Å². The van der Waals surface area contributed by atoms with Gasteiger partial charge in [0.2, 0.25) is 0 Å². The average molecular weight is 154 g/mol. The van der Waals surface area contributed by atoms with E-state index in [1.807, 2.05) is 18.2 Å². The molecule has 0 saturated carbocycles. The summed E-state index contributed by atoms with van der Waals surface area (Å²) in [5.74, 6) is 0. The Morgan fingerprint density at radius 2 is 1.92 bits per heavy atom. The zero-order chi connectivity index (χ0) is 8.13. The Balaban J connectivity index is 2.61. The topological polar surface area (TPSA) is 17.1 Å². The normalized spacial score (nSPS) is 11.7. The highest BCUT2D eigenvalue weighted by Gasteiger charge is 2.20. The second-order valence-corrected chi connectivity index (χ2v) is 3.05. The van der Waals surface area contributed by atoms with Crippen molar-refractivity contribution in [3.63, 3.8) is 0 Å². The maximum Gasteiger partial charge on any atom is 0.151 e. The first kappa shape index (κ1) is 5.95. The molecule has 2 aromatic carbocycles. The van der Waals surface area contributed by atoms with Crippen molar-refractivity contribution in [2.45, 2.75) is 0 Å². The van der Waals surface area contributed by atoms with Crippen LogP contribution in [-0.4, -0.2) is 6.29 Å². The summed E-state index contributed by atoms with van der Waals surface area (Å²) >= 11 is 0. The van der Waals surface area contributed by atoms with E-state index in [-0.39, 0.29) is 0 Å². The Kier molecular flexibility index (Phi) is 0.867. The van der Waals surface area contributed by atoms with Crippen molar-refractivity contribution in [2.24, 2.45) is 0 Å². The molecule has 2 bridgehead atoms. The van der Waals surface area contributed by atoms with Crippen LogP contribution in [0, 0.1) is 0 Å². The van der Waals surface area contributed by atoms with Gasteiger partial charge in [-0.1, -0.05) is 30.3 Å². The summed E-state index contributed by atoms with van der Waals surface area (Å²) in [6, 6.07) is 10.2. The van der Waals surface area contributed by atoms with E-state index in [4.69, 9.17) is 0 Å². The Hall–Kier alpha value is -1.63. The van der Waals surface area contributed by atoms with Gasteiger partial charge in [-0.3, -0.25) is 4.79 Å². The maximum atomic E-state index is 10.7. The van der Waals surface area contributed by atoms with Crippen LogP contribution in [0.3, 0.4) is 0 Å². The van der Waals surface area contributed by atoms with Crippen molar-refractivity contribution in [2.75, 3.05) is 0 Å². The Labute approximate surface area is 69.6 Å². The fourth-order valence-corrected chi connectivity index (χ4v) is 1.93. The van der Waals surface area contributed by atoms with Crippen molar-refractivity contribution in [3.05, 3.63) is 35.9 Å². The Morgan fingerprint density at radius 3 is 2.67 bits per heavy atom. The standard InChI is InChI=1S/C11H6O/c12-6-10-8-5-4-7-2-1-3-9(8)11(7)10/h1-6H. The fraction of sp³-hybridized carbons (Fsp3) is 0. The number of benzene rings is 3. The van der Waals surface area contributed by atoms with Gasteiger partial charge in [0.15, 0.2) is 6.29 Å². The molecule has 1 aliphatic carbocycles. The predicted octanol–water partition coefficient (Wildman–Crippen LogP) is 2.63. The van der Waals surface area contributed by atoms with E-state index in [2.05, 4.69) is 12.1 Å². The molecule has 1 heteroatoms. The van der Waals surface area contributed by atoms with Gasteiger partial charge in [-0.25, -0.2) is 0 Å². The van der Waals surface area contributed by atoms with E-state index in [9.17, 15) is 4.79 Å². The molecule has 0 saturated heterocycles. The van der Waals surface area contributed by atoms with Crippen LogP contribution in [0.1, 0.15) is 10.4 Å². The molecule has 0 atom stereocenters. The molecule has 56 valence electrons. The first-order valence-corrected chi connectivity index (χ1v) is 3.93. The van der Waals surface area contributed by atoms with E-state index < -0.39 is 0 Å². The molecule has 0 N–H and O–H groups in total. The van der Waals surface area contributed by atoms with E-state index in [1.54, 1.807) is 0 Å². The number of aldehydes is 1. The summed E-state index contributed by atoms with van der Waals surface area (Å²) in [7, 11) is 0. The molecule has 0 heterocycles. The maximum absolute atomic E-state index is 10.7. The molecule has 2 aromatic rings. The van der Waals surface area contributed by atoms with Crippen LogP contribution in [0.15, 0.2) is 30.3 Å². The molecule has 0 aromatic heterocycles. The molecule has 0 unspecified atom stereocenters. The highest BCUT2D eigenvalue weighted by molar-refractivity contribution is 6.19. The smallest absolute Gasteiger partial charge is 0.151 e. The van der Waals surface area contributed by atoms with Crippen molar-refractivity contribution < 1.29 is 4.79 Å². The molecule has 0 radical (unpaired) electrons. The Morgan fingerprint density at radius 1 is 1.00 bits per heavy atom. The van der Waals surface area contributed by atoms with Crippen molar-refractivity contribution in [3.8, 4) is 11.1 Å². The average Bonchev–Trinajstić information content (AvgIpc) is 2.10. The minimum Gasteiger partial charge on any atom is -0.298 e. The van der Waals surface area contributed by atoms with Crippen LogP contribution >= 0.6 is 0 Å². The van der Waals surface area contributed by atoms with E-state index >= 15 is 0 Å². The van der Waals surface area contributed by atoms with Crippen LogP contribution in [0.25, 0.3) is 21.9 Å². The van der Waals surface area contributed by atoms with Gasteiger partial charge in [0.05, 0.1) is 0 Å². The first-order valence-electron chi connectivity index (χ1n) is 3.93. The second kappa shape index (κ2) is 1.75. The zero-order valence-corrected chi connectivity index (χ0v) is 6.37. The Bertz CT molecular complexity index is 492. The van der Waals surface area contributed by atoms with Gasteiger partial charge in [-0.05, 0) is 16.5 Å². The lowest BCUT2D eigenvalue weighted by atomic mass is 9.82. The number of hydrogen-bond donors (Lipinski definition) is 0. The number of fused-ring (bicyclic) bond motifs is 2. The van der Waals surface area contributed by atoms with Gasteiger partial charge < -0.3 is 0 Å². The van der Waals surface area contributed by atoms with Crippen LogP contribution < -0.4 is 0 Å². The van der Waals surface area contributed by atoms with Crippen LogP contribution in [0.4, 0.5) is 0 Å². The number of rotatable bonds is 1. The third kappa shape index (κ3) is 0.462. The molecule has 0 fully saturated rings. The zero-order valence-electron chi connectivity index (χ0n) is 6.37. The van der Waals surface area contributed by atoms with E-state index in [0.29, 0.717) is 0 Å². The molecule has 1 nitrogen and oxygen atoms in total. The molecular formula is C11H6O. The lowest BCUT2D eigenvalue weighted by molar-refractivity contribution is 0.112. The highest BCUT2D eigenvalue weighted by atomic mass is 16.1. The summed E-state index contributed by atoms with van der Waals surface area (Å²) in [6.45, 7) is 0.